The molecule has 0 aliphatic heterocycles. The first-order chi connectivity index (χ1) is 3.18. The van der Waals surface area contributed by atoms with Crippen molar-refractivity contribution in [2.75, 3.05) is 0 Å². The molecule has 0 aromatic carbocycles. The predicted molar refractivity (Wildman–Crippen MR) is 33.0 cm³/mol. The van der Waals surface area contributed by atoms with Gasteiger partial charge in [0.2, 0.25) is 0 Å². The highest BCUT2D eigenvalue weighted by Gasteiger charge is 1.98. The van der Waals surface area contributed by atoms with E-state index in [0.29, 0.717) is 5.92 Å². The fourth-order valence-electron chi connectivity index (χ4n) is 0.215. The second-order valence-corrected chi connectivity index (χ2v) is 1.95. The summed E-state index contributed by atoms with van der Waals surface area (Å²) in [5.41, 5.74) is 5.48. The summed E-state index contributed by atoms with van der Waals surface area (Å²) in [5.74, 6) is 0.444. The van der Waals surface area contributed by atoms with Crippen LogP contribution in [-0.2, 0) is 0 Å². The first kappa shape index (κ1) is 6.70. The van der Waals surface area contributed by atoms with Gasteiger partial charge < -0.3 is 5.73 Å². The molecule has 0 bridgehead atoms. The minimum absolute atomic E-state index is 0.248. The first-order valence-electron chi connectivity index (χ1n) is 2.56. The Morgan fingerprint density at radius 1 is 1.57 bits per heavy atom. The van der Waals surface area contributed by atoms with E-state index in [1.807, 2.05) is 13.0 Å². The summed E-state index contributed by atoms with van der Waals surface area (Å²) in [7, 11) is 0. The van der Waals surface area contributed by atoms with Crippen molar-refractivity contribution in [3.05, 3.63) is 12.7 Å². The van der Waals surface area contributed by atoms with Crippen molar-refractivity contribution in [2.45, 2.75) is 19.9 Å². The van der Waals surface area contributed by atoms with Crippen molar-refractivity contribution >= 4 is 0 Å². The largest absolute Gasteiger partial charge is 0.327 e. The Hall–Kier alpha value is -0.300. The lowest BCUT2D eigenvalue weighted by atomic mass is 10.1. The van der Waals surface area contributed by atoms with Crippen molar-refractivity contribution in [1.82, 2.24) is 0 Å². The van der Waals surface area contributed by atoms with Crippen LogP contribution in [0.3, 0.4) is 0 Å². The summed E-state index contributed by atoms with van der Waals surface area (Å²) in [6, 6.07) is 0.248. The van der Waals surface area contributed by atoms with Gasteiger partial charge in [0.05, 0.1) is 0 Å². The van der Waals surface area contributed by atoms with Crippen LogP contribution in [0.15, 0.2) is 12.7 Å². The van der Waals surface area contributed by atoms with E-state index >= 15 is 0 Å². The molecule has 1 unspecified atom stereocenters. The number of nitrogens with two attached hydrogens (primary N) is 1. The Balaban J connectivity index is 3.33. The molecule has 42 valence electrons. The molecule has 1 heteroatoms. The van der Waals surface area contributed by atoms with Gasteiger partial charge in [-0.15, -0.1) is 6.58 Å². The average Bonchev–Trinajstić information content (AvgIpc) is 1.65. The van der Waals surface area contributed by atoms with Crippen LogP contribution in [0.25, 0.3) is 0 Å². The van der Waals surface area contributed by atoms with Crippen LogP contribution in [0.5, 0.6) is 0 Å². The van der Waals surface area contributed by atoms with Crippen LogP contribution in [-0.4, -0.2) is 6.04 Å². The van der Waals surface area contributed by atoms with Gasteiger partial charge in [0.25, 0.3) is 0 Å². The smallest absolute Gasteiger partial charge is 0.00706 e. The fraction of sp³-hybridized carbons (Fsp3) is 0.667. The molecule has 0 saturated heterocycles. The zero-order valence-electron chi connectivity index (χ0n) is 5.02. The van der Waals surface area contributed by atoms with Crippen LogP contribution in [0.4, 0.5) is 0 Å². The summed E-state index contributed by atoms with van der Waals surface area (Å²) in [4.78, 5) is 0. The molecule has 1 nitrogen and oxygen atoms in total. The van der Waals surface area contributed by atoms with E-state index in [0.717, 1.165) is 0 Å². The molecule has 0 rings (SSSR count). The number of rotatable bonds is 2. The normalized spacial score (nSPS) is 18.1. The fourth-order valence-corrected chi connectivity index (χ4v) is 0.215. The van der Waals surface area contributed by atoms with Gasteiger partial charge >= 0.3 is 0 Å². The Bertz CT molecular complexity index is 57.2. The third-order valence-corrected chi connectivity index (χ3v) is 1.20. The predicted octanol–water partition coefficient (Wildman–Crippen LogP) is 1.16. The Kier molecular flexibility index (Phi) is 2.68. The molecule has 0 saturated carbocycles. The lowest BCUT2D eigenvalue weighted by molar-refractivity contribution is 0.583. The van der Waals surface area contributed by atoms with Crippen LogP contribution < -0.4 is 5.73 Å². The van der Waals surface area contributed by atoms with Gasteiger partial charge in [-0.25, -0.2) is 0 Å². The Morgan fingerprint density at radius 3 is 2.00 bits per heavy atom. The monoisotopic (exact) mass is 99.1 g/mol. The molecule has 2 atom stereocenters. The summed E-state index contributed by atoms with van der Waals surface area (Å²) in [6.45, 7) is 7.63. The van der Waals surface area contributed by atoms with Gasteiger partial charge in [-0.1, -0.05) is 13.0 Å². The zero-order chi connectivity index (χ0) is 5.86. The molecule has 0 aromatic heterocycles. The lowest BCUT2D eigenvalue weighted by Crippen LogP contribution is -2.22. The van der Waals surface area contributed by atoms with Gasteiger partial charge in [-0.2, -0.15) is 0 Å². The average molecular weight is 99.2 g/mol. The van der Waals surface area contributed by atoms with E-state index in [4.69, 9.17) is 5.73 Å². The van der Waals surface area contributed by atoms with Gasteiger partial charge in [-0.05, 0) is 12.8 Å². The minimum atomic E-state index is 0.248. The highest BCUT2D eigenvalue weighted by molar-refractivity contribution is 4.80. The van der Waals surface area contributed by atoms with E-state index in [1.54, 1.807) is 0 Å². The molecule has 0 aliphatic carbocycles. The molecule has 0 fully saturated rings. The quantitative estimate of drug-likeness (QED) is 0.516. The second kappa shape index (κ2) is 2.80. The van der Waals surface area contributed by atoms with Gasteiger partial charge in [0.15, 0.2) is 0 Å². The molecule has 0 aromatic rings. The summed E-state index contributed by atoms with van der Waals surface area (Å²) < 4.78 is 0. The van der Waals surface area contributed by atoms with Crippen LogP contribution in [0.1, 0.15) is 13.8 Å². The molecule has 0 amide bonds. The molecular weight excluding hydrogens is 86.1 g/mol. The van der Waals surface area contributed by atoms with E-state index in [1.165, 1.54) is 0 Å². The highest BCUT2D eigenvalue weighted by atomic mass is 14.6. The van der Waals surface area contributed by atoms with Gasteiger partial charge in [0.1, 0.15) is 0 Å². The second-order valence-electron chi connectivity index (χ2n) is 1.95. The van der Waals surface area contributed by atoms with E-state index in [-0.39, 0.29) is 6.04 Å². The molecule has 2 N–H and O–H groups in total. The van der Waals surface area contributed by atoms with Crippen LogP contribution in [0, 0.1) is 5.92 Å². The topological polar surface area (TPSA) is 26.0 Å². The number of hydrogen-bond acceptors (Lipinski definition) is 1. The summed E-state index contributed by atoms with van der Waals surface area (Å²) in [5, 5.41) is 0. The van der Waals surface area contributed by atoms with Crippen molar-refractivity contribution < 1.29 is 0 Å². The molecule has 0 aliphatic rings. The van der Waals surface area contributed by atoms with Crippen LogP contribution in [0.2, 0.25) is 0 Å². The molecule has 0 radical (unpaired) electrons. The lowest BCUT2D eigenvalue weighted by Gasteiger charge is -2.07. The van der Waals surface area contributed by atoms with Crippen molar-refractivity contribution in [3.63, 3.8) is 0 Å². The van der Waals surface area contributed by atoms with E-state index in [9.17, 15) is 0 Å². The van der Waals surface area contributed by atoms with Crippen molar-refractivity contribution in [2.24, 2.45) is 11.7 Å². The molecule has 7 heavy (non-hydrogen) atoms. The van der Waals surface area contributed by atoms with Gasteiger partial charge in [0, 0.05) is 6.04 Å². The summed E-state index contributed by atoms with van der Waals surface area (Å²) in [6.07, 6.45) is 1.87. The standard InChI is InChI=1S/C6H13N/c1-4-5(2)6(3)7/h4-6H,1,7H2,2-3H3/t5?,6-/m1/s1. The highest BCUT2D eigenvalue weighted by Crippen LogP contribution is 1.97. The third kappa shape index (κ3) is 2.40. The molecular formula is C6H13N. The van der Waals surface area contributed by atoms with Crippen LogP contribution >= 0.6 is 0 Å². The maximum absolute atomic E-state index is 5.48. The SMILES string of the molecule is C=CC(C)[C@@H](C)N. The van der Waals surface area contributed by atoms with E-state index < -0.39 is 0 Å². The van der Waals surface area contributed by atoms with Crippen molar-refractivity contribution in [1.29, 1.82) is 0 Å². The van der Waals surface area contributed by atoms with Crippen molar-refractivity contribution in [3.8, 4) is 0 Å². The minimum Gasteiger partial charge on any atom is -0.327 e. The Labute approximate surface area is 45.2 Å². The molecule has 0 heterocycles. The molecule has 0 spiro atoms. The first-order valence-corrected chi connectivity index (χ1v) is 2.56. The Morgan fingerprint density at radius 2 is 2.00 bits per heavy atom. The third-order valence-electron chi connectivity index (χ3n) is 1.20. The zero-order valence-corrected chi connectivity index (χ0v) is 5.02. The summed E-state index contributed by atoms with van der Waals surface area (Å²) >= 11 is 0. The van der Waals surface area contributed by atoms with Gasteiger partial charge in [-0.3, -0.25) is 0 Å². The maximum atomic E-state index is 5.48. The number of hydrogen-bond donors (Lipinski definition) is 1. The van der Waals surface area contributed by atoms with E-state index in [2.05, 4.69) is 13.5 Å². The maximum Gasteiger partial charge on any atom is 0.00706 e.